The number of nitrogens with zero attached hydrogens (tertiary/aromatic N) is 1. The monoisotopic (exact) mass is 185 g/mol. The number of ketones is 1. The molecule has 66 valence electrons. The summed E-state index contributed by atoms with van der Waals surface area (Å²) in [6, 6.07) is 5.64. The van der Waals surface area contributed by atoms with Gasteiger partial charge in [-0.3, -0.25) is 4.79 Å². The van der Waals surface area contributed by atoms with Crippen molar-refractivity contribution in [2.24, 2.45) is 0 Å². The molecule has 2 nitrogen and oxygen atoms in total. The molecule has 1 rings (SSSR count). The molecule has 12 heavy (non-hydrogen) atoms. The Balaban J connectivity index is 0.00000121. The van der Waals surface area contributed by atoms with Gasteiger partial charge >= 0.3 is 0 Å². The predicted molar refractivity (Wildman–Crippen MR) is 42.3 cm³/mol. The second-order valence-electron chi connectivity index (χ2n) is 2.43. The van der Waals surface area contributed by atoms with Gasteiger partial charge in [0.2, 0.25) is 11.5 Å². The van der Waals surface area contributed by atoms with E-state index in [1.807, 2.05) is 35.9 Å². The van der Waals surface area contributed by atoms with Crippen LogP contribution in [0.5, 0.6) is 0 Å². The van der Waals surface area contributed by atoms with Crippen molar-refractivity contribution in [2.75, 3.05) is 0 Å². The molecular formula is C9H12ClNO. The third kappa shape index (κ3) is 2.31. The highest BCUT2D eigenvalue weighted by atomic mass is 35.5. The summed E-state index contributed by atoms with van der Waals surface area (Å²) in [5, 5.41) is 0. The van der Waals surface area contributed by atoms with Gasteiger partial charge in [0, 0.05) is 19.1 Å². The van der Waals surface area contributed by atoms with Crippen molar-refractivity contribution in [3.63, 3.8) is 0 Å². The number of pyridine rings is 1. The van der Waals surface area contributed by atoms with E-state index in [-0.39, 0.29) is 18.2 Å². The minimum atomic E-state index is 0. The highest BCUT2D eigenvalue weighted by Gasteiger charge is 2.10. The van der Waals surface area contributed by atoms with Crippen LogP contribution in [-0.4, -0.2) is 5.78 Å². The number of halogens is 1. The molecule has 3 heteroatoms. The normalized spacial score (nSPS) is 8.83. The molecule has 0 aliphatic heterocycles. The Labute approximate surface area is 78.6 Å². The molecule has 0 spiro atoms. The number of carbonyl (C=O) groups excluding carboxylic acids is 1. The average molecular weight is 186 g/mol. The third-order valence-corrected chi connectivity index (χ3v) is 1.64. The van der Waals surface area contributed by atoms with Crippen molar-refractivity contribution in [3.8, 4) is 0 Å². The predicted octanol–water partition coefficient (Wildman–Crippen LogP) is -1.80. The number of rotatable bonds is 2. The van der Waals surface area contributed by atoms with Crippen LogP contribution >= 0.6 is 0 Å². The maximum Gasteiger partial charge on any atom is 0.248 e. The van der Waals surface area contributed by atoms with Crippen molar-refractivity contribution in [3.05, 3.63) is 30.1 Å². The molecule has 0 saturated heterocycles. The second kappa shape index (κ2) is 4.88. The first-order valence-corrected chi connectivity index (χ1v) is 3.75. The topological polar surface area (TPSA) is 20.9 Å². The van der Waals surface area contributed by atoms with Crippen LogP contribution in [-0.2, 0) is 6.54 Å². The SMILES string of the molecule is CC[n+]1ccccc1C(C)=O.[Cl-]. The van der Waals surface area contributed by atoms with Gasteiger partial charge in [0.15, 0.2) is 6.20 Å². The summed E-state index contributed by atoms with van der Waals surface area (Å²) in [6.07, 6.45) is 1.91. The Bertz CT molecular complexity index is 273. The molecule has 0 aromatic carbocycles. The van der Waals surface area contributed by atoms with Crippen LogP contribution in [0.3, 0.4) is 0 Å². The summed E-state index contributed by atoms with van der Waals surface area (Å²) in [5.41, 5.74) is 0.773. The molecule has 0 bridgehead atoms. The smallest absolute Gasteiger partial charge is 0.248 e. The molecule has 0 aliphatic carbocycles. The first kappa shape index (κ1) is 11.1. The molecule has 1 aromatic heterocycles. The molecule has 0 fully saturated rings. The van der Waals surface area contributed by atoms with E-state index >= 15 is 0 Å². The maximum absolute atomic E-state index is 11.0. The lowest BCUT2D eigenvalue weighted by atomic mass is 10.2. The average Bonchev–Trinajstić information content (AvgIpc) is 2.04. The van der Waals surface area contributed by atoms with Crippen molar-refractivity contribution in [1.29, 1.82) is 0 Å². The van der Waals surface area contributed by atoms with Gasteiger partial charge in [-0.1, -0.05) is 0 Å². The molecule has 0 aliphatic rings. The molecule has 1 aromatic rings. The Hall–Kier alpha value is -0.890. The van der Waals surface area contributed by atoms with Crippen molar-refractivity contribution >= 4 is 5.78 Å². The minimum absolute atomic E-state index is 0. The Morgan fingerprint density at radius 1 is 1.50 bits per heavy atom. The van der Waals surface area contributed by atoms with Crippen LogP contribution in [0.25, 0.3) is 0 Å². The van der Waals surface area contributed by atoms with Gasteiger partial charge in [-0.2, -0.15) is 4.57 Å². The standard InChI is InChI=1S/C9H12NO.ClH/c1-3-10-7-5-4-6-9(10)8(2)11;/h4-7H,3H2,1-2H3;1H/q+1;/p-1. The summed E-state index contributed by atoms with van der Waals surface area (Å²) in [5.74, 6) is 0.118. The maximum atomic E-state index is 11.0. The zero-order valence-corrected chi connectivity index (χ0v) is 8.01. The molecular weight excluding hydrogens is 174 g/mol. The van der Waals surface area contributed by atoms with E-state index in [1.54, 1.807) is 6.92 Å². The third-order valence-electron chi connectivity index (χ3n) is 1.64. The first-order valence-electron chi connectivity index (χ1n) is 3.75. The largest absolute Gasteiger partial charge is 1.00 e. The van der Waals surface area contributed by atoms with Gasteiger partial charge in [-0.15, -0.1) is 0 Å². The quantitative estimate of drug-likeness (QED) is 0.394. The number of Topliss-reactive ketones (excluding diaryl/α,β-unsaturated/α-hetero) is 1. The van der Waals surface area contributed by atoms with E-state index in [2.05, 4.69) is 0 Å². The Morgan fingerprint density at radius 2 is 2.17 bits per heavy atom. The zero-order chi connectivity index (χ0) is 8.27. The number of hydrogen-bond donors (Lipinski definition) is 0. The fraction of sp³-hybridized carbons (Fsp3) is 0.333. The van der Waals surface area contributed by atoms with E-state index in [0.717, 1.165) is 12.2 Å². The number of aryl methyl sites for hydroxylation is 1. The van der Waals surface area contributed by atoms with Crippen LogP contribution < -0.4 is 17.0 Å². The van der Waals surface area contributed by atoms with E-state index in [0.29, 0.717) is 0 Å². The Kier molecular flexibility index (Phi) is 4.52. The van der Waals surface area contributed by atoms with Gasteiger partial charge in [0.25, 0.3) is 0 Å². The van der Waals surface area contributed by atoms with Crippen LogP contribution in [0.4, 0.5) is 0 Å². The summed E-state index contributed by atoms with van der Waals surface area (Å²) in [4.78, 5) is 11.0. The van der Waals surface area contributed by atoms with Gasteiger partial charge in [0.1, 0.15) is 6.54 Å². The van der Waals surface area contributed by atoms with Gasteiger partial charge in [-0.25, -0.2) is 0 Å². The Morgan fingerprint density at radius 3 is 2.58 bits per heavy atom. The molecule has 0 N–H and O–H groups in total. The molecule has 0 unspecified atom stereocenters. The highest BCUT2D eigenvalue weighted by Crippen LogP contribution is 1.91. The van der Waals surface area contributed by atoms with Gasteiger partial charge in [0.05, 0.1) is 0 Å². The van der Waals surface area contributed by atoms with Crippen LogP contribution in [0.2, 0.25) is 0 Å². The van der Waals surface area contributed by atoms with Crippen LogP contribution in [0, 0.1) is 0 Å². The number of hydrogen-bond acceptors (Lipinski definition) is 1. The zero-order valence-electron chi connectivity index (χ0n) is 7.25. The summed E-state index contributed by atoms with van der Waals surface area (Å²) in [7, 11) is 0. The molecule has 1 heterocycles. The van der Waals surface area contributed by atoms with E-state index in [1.165, 1.54) is 0 Å². The molecule has 0 radical (unpaired) electrons. The van der Waals surface area contributed by atoms with Gasteiger partial charge in [-0.05, 0) is 13.0 Å². The first-order chi connectivity index (χ1) is 5.25. The van der Waals surface area contributed by atoms with E-state index in [9.17, 15) is 4.79 Å². The van der Waals surface area contributed by atoms with E-state index in [4.69, 9.17) is 0 Å². The lowest BCUT2D eigenvalue weighted by molar-refractivity contribution is -0.695. The van der Waals surface area contributed by atoms with Crippen molar-refractivity contribution in [2.45, 2.75) is 20.4 Å². The fourth-order valence-corrected chi connectivity index (χ4v) is 1.07. The van der Waals surface area contributed by atoms with Crippen molar-refractivity contribution in [1.82, 2.24) is 0 Å². The van der Waals surface area contributed by atoms with Gasteiger partial charge < -0.3 is 12.4 Å². The molecule has 0 atom stereocenters. The minimum Gasteiger partial charge on any atom is -1.00 e. The number of carbonyl (C=O) groups is 1. The van der Waals surface area contributed by atoms with E-state index < -0.39 is 0 Å². The summed E-state index contributed by atoms with van der Waals surface area (Å²) in [6.45, 7) is 4.45. The highest BCUT2D eigenvalue weighted by molar-refractivity contribution is 5.90. The summed E-state index contributed by atoms with van der Waals surface area (Å²) >= 11 is 0. The van der Waals surface area contributed by atoms with Crippen molar-refractivity contribution < 1.29 is 21.8 Å². The second-order valence-corrected chi connectivity index (χ2v) is 2.43. The number of aromatic nitrogens is 1. The fourth-order valence-electron chi connectivity index (χ4n) is 1.07. The molecule has 0 amide bonds. The lowest BCUT2D eigenvalue weighted by Crippen LogP contribution is -3.00. The van der Waals surface area contributed by atoms with Crippen LogP contribution in [0.15, 0.2) is 24.4 Å². The van der Waals surface area contributed by atoms with Crippen LogP contribution in [0.1, 0.15) is 24.3 Å². The molecule has 0 saturated carbocycles. The summed E-state index contributed by atoms with van der Waals surface area (Å²) < 4.78 is 1.93. The lowest BCUT2D eigenvalue weighted by Gasteiger charge is -1.95.